The maximum atomic E-state index is 11.9. The van der Waals surface area contributed by atoms with Gasteiger partial charge in [-0.25, -0.2) is 0 Å². The molecule has 0 heterocycles. The molecule has 0 saturated heterocycles. The zero-order valence-electron chi connectivity index (χ0n) is 8.53. The monoisotopic (exact) mass is 230 g/mol. The second kappa shape index (κ2) is 4.61. The van der Waals surface area contributed by atoms with Gasteiger partial charge in [0.1, 0.15) is 0 Å². The number of alkyl halides is 3. The molecule has 0 aliphatic carbocycles. The van der Waals surface area contributed by atoms with Crippen molar-refractivity contribution in [3.63, 3.8) is 0 Å². The molecule has 0 spiro atoms. The lowest BCUT2D eigenvalue weighted by Crippen LogP contribution is -2.36. The van der Waals surface area contributed by atoms with Crippen LogP contribution in [0.5, 0.6) is 0 Å². The molecule has 0 radical (unpaired) electrons. The molecule has 0 aromatic carbocycles. The Kier molecular flexibility index (Phi) is 4.67. The van der Waals surface area contributed by atoms with Crippen LogP contribution in [0.3, 0.4) is 0 Å². The molecule has 0 N–H and O–H groups in total. The van der Waals surface area contributed by atoms with E-state index in [1.807, 2.05) is 26.2 Å². The molecule has 1 nitrogen and oxygen atoms in total. The van der Waals surface area contributed by atoms with E-state index in [-0.39, 0.29) is 6.04 Å². The third-order valence-corrected chi connectivity index (χ3v) is 7.46. The van der Waals surface area contributed by atoms with Crippen LogP contribution in [0.2, 0.25) is 32.2 Å². The topological polar surface area (TPSA) is 9.23 Å². The Morgan fingerprint density at radius 1 is 1.23 bits per heavy atom. The molecule has 0 atom stereocenters. The quantitative estimate of drug-likeness (QED) is 0.674. The smallest absolute Gasteiger partial charge is 0.388 e. The van der Waals surface area contributed by atoms with Crippen molar-refractivity contribution in [3.05, 3.63) is 0 Å². The molecule has 0 aromatic rings. The van der Waals surface area contributed by atoms with E-state index in [0.29, 0.717) is 0 Å². The molecule has 0 amide bonds. The fourth-order valence-electron chi connectivity index (χ4n) is 1.14. The first-order chi connectivity index (χ1) is 5.62. The lowest BCUT2D eigenvalue weighted by molar-refractivity contribution is -0.131. The Balaban J connectivity index is 3.89. The second-order valence-electron chi connectivity index (χ2n) is 4.04. The highest BCUT2D eigenvalue weighted by atomic mass is 28.4. The Morgan fingerprint density at radius 3 is 2.00 bits per heavy atom. The van der Waals surface area contributed by atoms with Crippen LogP contribution in [-0.2, 0) is 4.12 Å². The van der Waals surface area contributed by atoms with Gasteiger partial charge in [0.15, 0.2) is 17.4 Å². The molecule has 13 heavy (non-hydrogen) atoms. The third kappa shape index (κ3) is 8.51. The predicted octanol–water partition coefficient (Wildman–Crippen LogP) is 3.14. The van der Waals surface area contributed by atoms with Crippen LogP contribution < -0.4 is 0 Å². The van der Waals surface area contributed by atoms with Gasteiger partial charge in [0.05, 0.1) is 0 Å². The van der Waals surface area contributed by atoms with Crippen molar-refractivity contribution < 1.29 is 17.3 Å². The van der Waals surface area contributed by atoms with E-state index < -0.39 is 30.0 Å². The average Bonchev–Trinajstić information content (AvgIpc) is 1.79. The summed E-state index contributed by atoms with van der Waals surface area (Å²) >= 11 is 0. The molecule has 0 rings (SSSR count). The zero-order valence-corrected chi connectivity index (χ0v) is 10.7. The molecule has 0 fully saturated rings. The fourth-order valence-corrected chi connectivity index (χ4v) is 7.60. The van der Waals surface area contributed by atoms with Crippen LogP contribution in [0, 0.1) is 0 Å². The molecular weight excluding hydrogens is 213 g/mol. The third-order valence-electron chi connectivity index (χ3n) is 1.57. The average molecular weight is 230 g/mol. The van der Waals surface area contributed by atoms with E-state index in [9.17, 15) is 13.2 Å². The Labute approximate surface area is 80.1 Å². The first kappa shape index (κ1) is 13.2. The molecule has 0 aliphatic heterocycles. The molecule has 6 heteroatoms. The van der Waals surface area contributed by atoms with Crippen LogP contribution in [0.25, 0.3) is 0 Å². The first-order valence-electron chi connectivity index (χ1n) is 4.37. The number of hydrogen-bond donors (Lipinski definition) is 0. The summed E-state index contributed by atoms with van der Waals surface area (Å²) in [4.78, 5) is 0. The van der Waals surface area contributed by atoms with E-state index in [1.54, 1.807) is 0 Å². The van der Waals surface area contributed by atoms with E-state index >= 15 is 0 Å². The minimum atomic E-state index is -4.04. The van der Waals surface area contributed by atoms with Crippen molar-refractivity contribution in [1.29, 1.82) is 0 Å². The lowest BCUT2D eigenvalue weighted by atomic mass is 10.5. The molecular formula is C7H17F3OSi2. The van der Waals surface area contributed by atoms with Crippen molar-refractivity contribution in [2.45, 2.75) is 44.8 Å². The Bertz CT molecular complexity index is 156. The minimum Gasteiger partial charge on any atom is -0.458 e. The summed E-state index contributed by atoms with van der Waals surface area (Å²) in [6.45, 7) is 7.68. The molecule has 0 saturated carbocycles. The van der Waals surface area contributed by atoms with Crippen LogP contribution in [0.15, 0.2) is 0 Å². The van der Waals surface area contributed by atoms with Crippen molar-refractivity contribution in [1.82, 2.24) is 0 Å². The summed E-state index contributed by atoms with van der Waals surface area (Å²) < 4.78 is 41.3. The van der Waals surface area contributed by atoms with Gasteiger partial charge in [0.2, 0.25) is 0 Å². The first-order valence-corrected chi connectivity index (χ1v) is 10.3. The summed E-state index contributed by atoms with van der Waals surface area (Å²) in [5.74, 6) is 0. The zero-order chi connectivity index (χ0) is 10.7. The molecule has 0 unspecified atom stereocenters. The number of halogens is 3. The van der Waals surface area contributed by atoms with Crippen LogP contribution >= 0.6 is 0 Å². The largest absolute Gasteiger partial charge is 0.458 e. The van der Waals surface area contributed by atoms with Gasteiger partial charge in [-0.1, -0.05) is 0 Å². The number of rotatable bonds is 4. The van der Waals surface area contributed by atoms with E-state index in [1.165, 1.54) is 0 Å². The lowest BCUT2D eigenvalue weighted by Gasteiger charge is -2.26. The highest BCUT2D eigenvalue weighted by molar-refractivity contribution is 6.77. The van der Waals surface area contributed by atoms with Crippen molar-refractivity contribution in [2.24, 2.45) is 0 Å². The van der Waals surface area contributed by atoms with Gasteiger partial charge in [0, 0.05) is 6.42 Å². The Morgan fingerprint density at radius 2 is 1.69 bits per heavy atom. The van der Waals surface area contributed by atoms with Gasteiger partial charge >= 0.3 is 6.18 Å². The van der Waals surface area contributed by atoms with Gasteiger partial charge in [0.25, 0.3) is 0 Å². The maximum Gasteiger partial charge on any atom is 0.388 e. The van der Waals surface area contributed by atoms with Crippen molar-refractivity contribution in [3.8, 4) is 0 Å². The van der Waals surface area contributed by atoms with Crippen molar-refractivity contribution in [2.75, 3.05) is 0 Å². The maximum absolute atomic E-state index is 11.9. The standard InChI is InChI=1S/C7H17F3OSi2/c1-12(2)11-13(3,4)6-5-7(8,9)10/h12H,5-6H2,1-4H3. The highest BCUT2D eigenvalue weighted by Gasteiger charge is 2.33. The normalized spacial score (nSPS) is 13.8. The summed E-state index contributed by atoms with van der Waals surface area (Å²) in [5.41, 5.74) is 0. The molecule has 0 bridgehead atoms. The molecule has 0 aliphatic rings. The van der Waals surface area contributed by atoms with E-state index in [0.717, 1.165) is 0 Å². The molecule has 0 aromatic heterocycles. The van der Waals surface area contributed by atoms with Crippen molar-refractivity contribution >= 4 is 17.4 Å². The van der Waals surface area contributed by atoms with E-state index in [2.05, 4.69) is 0 Å². The molecule has 80 valence electrons. The van der Waals surface area contributed by atoms with Crippen LogP contribution in [0.4, 0.5) is 13.2 Å². The summed E-state index contributed by atoms with van der Waals surface area (Å²) in [6.07, 6.45) is -4.74. The SMILES string of the molecule is C[SiH](C)O[Si](C)(C)CCC(F)(F)F. The number of hydrogen-bond acceptors (Lipinski definition) is 1. The van der Waals surface area contributed by atoms with Gasteiger partial charge in [-0.2, -0.15) is 13.2 Å². The van der Waals surface area contributed by atoms with Gasteiger partial charge in [-0.3, -0.25) is 0 Å². The summed E-state index contributed by atoms with van der Waals surface area (Å²) in [6, 6.07) is 0.182. The second-order valence-corrected chi connectivity index (χ2v) is 11.1. The fraction of sp³-hybridized carbons (Fsp3) is 1.00. The van der Waals surface area contributed by atoms with E-state index in [4.69, 9.17) is 4.12 Å². The predicted molar refractivity (Wildman–Crippen MR) is 52.9 cm³/mol. The van der Waals surface area contributed by atoms with Gasteiger partial charge < -0.3 is 4.12 Å². The Hall–Kier alpha value is 0.184. The van der Waals surface area contributed by atoms with Crippen LogP contribution in [-0.4, -0.2) is 23.5 Å². The minimum absolute atomic E-state index is 0.182. The van der Waals surface area contributed by atoms with Gasteiger partial charge in [-0.05, 0) is 32.2 Å². The van der Waals surface area contributed by atoms with Crippen LogP contribution in [0.1, 0.15) is 6.42 Å². The highest BCUT2D eigenvalue weighted by Crippen LogP contribution is 2.26. The van der Waals surface area contributed by atoms with Gasteiger partial charge in [-0.15, -0.1) is 0 Å². The summed E-state index contributed by atoms with van der Waals surface area (Å²) in [7, 11) is -3.22. The summed E-state index contributed by atoms with van der Waals surface area (Å²) in [5, 5.41) is 0.